The van der Waals surface area contributed by atoms with Gasteiger partial charge in [0, 0.05) is 28.9 Å². The highest BCUT2D eigenvalue weighted by Crippen LogP contribution is 2.45. The molecule has 0 unspecified atom stereocenters. The molecule has 1 fully saturated rings. The summed E-state index contributed by atoms with van der Waals surface area (Å²) < 4.78 is 49.1. The van der Waals surface area contributed by atoms with E-state index in [2.05, 4.69) is 20.3 Å². The van der Waals surface area contributed by atoms with Gasteiger partial charge in [0.15, 0.2) is 0 Å². The first-order chi connectivity index (χ1) is 21.8. The van der Waals surface area contributed by atoms with Crippen LogP contribution in [0.2, 0.25) is 5.02 Å². The van der Waals surface area contributed by atoms with Gasteiger partial charge in [-0.25, -0.2) is 27.6 Å². The lowest BCUT2D eigenvalue weighted by Crippen LogP contribution is -2.51. The van der Waals surface area contributed by atoms with Crippen molar-refractivity contribution in [2.24, 2.45) is 11.1 Å². The van der Waals surface area contributed by atoms with E-state index in [1.165, 1.54) is 18.2 Å². The van der Waals surface area contributed by atoms with E-state index < -0.39 is 27.5 Å². The second-order valence-corrected chi connectivity index (χ2v) is 14.3. The molecule has 1 saturated carbocycles. The lowest BCUT2D eigenvalue weighted by molar-refractivity contribution is -0.0905. The minimum Gasteiger partial charge on any atom is -0.443 e. The summed E-state index contributed by atoms with van der Waals surface area (Å²) in [5.74, 6) is -0.325. The molecular formula is C33H36ClFN6O4S. The van der Waals surface area contributed by atoms with Gasteiger partial charge in [0.05, 0.1) is 27.0 Å². The second kappa shape index (κ2) is 13.1. The summed E-state index contributed by atoms with van der Waals surface area (Å²) in [4.78, 5) is 20.5. The van der Waals surface area contributed by atoms with Crippen LogP contribution >= 0.6 is 11.6 Å². The summed E-state index contributed by atoms with van der Waals surface area (Å²) in [6, 6.07) is 19.1. The minimum absolute atomic E-state index is 0.0619. The Morgan fingerprint density at radius 1 is 1.00 bits per heavy atom. The maximum atomic E-state index is 15.3. The zero-order chi connectivity index (χ0) is 33.1. The molecule has 4 aromatic rings. The number of halogens is 2. The van der Waals surface area contributed by atoms with Gasteiger partial charge >= 0.3 is 6.09 Å². The van der Waals surface area contributed by atoms with Gasteiger partial charge in [0.2, 0.25) is 5.95 Å². The smallest absolute Gasteiger partial charge is 0.405 e. The summed E-state index contributed by atoms with van der Waals surface area (Å²) in [6.07, 6.45) is 3.63. The number of amides is 1. The lowest BCUT2D eigenvalue weighted by atomic mass is 9.67. The van der Waals surface area contributed by atoms with Crippen LogP contribution in [0.5, 0.6) is 0 Å². The molecule has 1 heterocycles. The van der Waals surface area contributed by atoms with Crippen molar-refractivity contribution in [3.63, 3.8) is 0 Å². The van der Waals surface area contributed by atoms with E-state index in [9.17, 15) is 13.2 Å². The number of sulfonamides is 1. The van der Waals surface area contributed by atoms with Crippen LogP contribution in [0.3, 0.4) is 0 Å². The van der Waals surface area contributed by atoms with Crippen molar-refractivity contribution in [3.05, 3.63) is 89.8 Å². The fourth-order valence-corrected chi connectivity index (χ4v) is 6.99. The van der Waals surface area contributed by atoms with Crippen molar-refractivity contribution >= 4 is 50.7 Å². The van der Waals surface area contributed by atoms with Crippen LogP contribution in [0.15, 0.2) is 83.9 Å². The number of primary amides is 1. The SMILES string of the molecule is CC(C)(C)C1(OC(N)=O)CCC(Nc2nccc(-c3ccccc3Nc3ccc(S(=O)(=O)Nc4ccccc4Cl)cc3F)n2)CC1. The Morgan fingerprint density at radius 3 is 2.33 bits per heavy atom. The average molecular weight is 667 g/mol. The first kappa shape index (κ1) is 33.0. The van der Waals surface area contributed by atoms with Crippen molar-refractivity contribution in [1.29, 1.82) is 0 Å². The van der Waals surface area contributed by atoms with Crippen LogP contribution in [0, 0.1) is 11.2 Å². The van der Waals surface area contributed by atoms with E-state index in [4.69, 9.17) is 27.1 Å². The van der Waals surface area contributed by atoms with Gasteiger partial charge in [-0.15, -0.1) is 0 Å². The molecule has 3 aromatic carbocycles. The normalized spacial score (nSPS) is 18.4. The number of hydrogen-bond acceptors (Lipinski definition) is 8. The number of carbonyl (C=O) groups is 1. The maximum absolute atomic E-state index is 15.3. The van der Waals surface area contributed by atoms with Crippen LogP contribution in [0.1, 0.15) is 46.5 Å². The zero-order valence-electron chi connectivity index (χ0n) is 25.7. The van der Waals surface area contributed by atoms with E-state index in [1.807, 2.05) is 32.9 Å². The third kappa shape index (κ3) is 7.34. The van der Waals surface area contributed by atoms with Gasteiger partial charge in [-0.05, 0) is 68.1 Å². The Balaban J connectivity index is 1.31. The molecule has 13 heteroatoms. The number of para-hydroxylation sites is 2. The molecule has 0 spiro atoms. The van der Waals surface area contributed by atoms with Crippen molar-refractivity contribution in [2.45, 2.75) is 63.0 Å². The Morgan fingerprint density at radius 2 is 1.67 bits per heavy atom. The Labute approximate surface area is 273 Å². The highest BCUT2D eigenvalue weighted by atomic mass is 35.5. The van der Waals surface area contributed by atoms with Crippen LogP contribution < -0.4 is 21.1 Å². The Hall–Kier alpha value is -4.42. The molecule has 1 amide bonds. The fraction of sp³-hybridized carbons (Fsp3) is 0.303. The summed E-state index contributed by atoms with van der Waals surface area (Å²) in [7, 11) is -4.09. The van der Waals surface area contributed by atoms with E-state index >= 15 is 4.39 Å². The van der Waals surface area contributed by atoms with Gasteiger partial charge in [-0.3, -0.25) is 4.72 Å². The molecular weight excluding hydrogens is 631 g/mol. The highest BCUT2D eigenvalue weighted by Gasteiger charge is 2.47. The van der Waals surface area contributed by atoms with Crippen molar-refractivity contribution in [1.82, 2.24) is 9.97 Å². The zero-order valence-corrected chi connectivity index (χ0v) is 27.3. The molecule has 10 nitrogen and oxygen atoms in total. The number of carbonyl (C=O) groups excluding carboxylic acids is 1. The number of anilines is 4. The molecule has 1 aromatic heterocycles. The first-order valence-electron chi connectivity index (χ1n) is 14.8. The topological polar surface area (TPSA) is 148 Å². The van der Waals surface area contributed by atoms with Crippen molar-refractivity contribution in [2.75, 3.05) is 15.4 Å². The number of benzene rings is 3. The lowest BCUT2D eigenvalue weighted by Gasteiger charge is -2.47. The number of aromatic nitrogens is 2. The van der Waals surface area contributed by atoms with Gasteiger partial charge in [0.1, 0.15) is 11.4 Å². The summed E-state index contributed by atoms with van der Waals surface area (Å²) in [5, 5.41) is 6.70. The molecule has 0 aliphatic heterocycles. The average Bonchev–Trinajstić information content (AvgIpc) is 3.00. The number of nitrogens with one attached hydrogen (secondary N) is 3. The molecule has 0 bridgehead atoms. The summed E-state index contributed by atoms with van der Waals surface area (Å²) >= 11 is 6.09. The van der Waals surface area contributed by atoms with Crippen molar-refractivity contribution < 1.29 is 22.3 Å². The third-order valence-corrected chi connectivity index (χ3v) is 9.98. The fourth-order valence-electron chi connectivity index (χ4n) is 5.66. The molecule has 1 aliphatic rings. The molecule has 242 valence electrons. The number of hydrogen-bond donors (Lipinski definition) is 4. The van der Waals surface area contributed by atoms with Crippen LogP contribution in [0.25, 0.3) is 11.3 Å². The molecule has 46 heavy (non-hydrogen) atoms. The largest absolute Gasteiger partial charge is 0.443 e. The monoisotopic (exact) mass is 666 g/mol. The number of nitrogens with two attached hydrogens (primary N) is 1. The minimum atomic E-state index is -4.09. The molecule has 5 rings (SSSR count). The molecule has 0 saturated heterocycles. The predicted molar refractivity (Wildman–Crippen MR) is 178 cm³/mol. The van der Waals surface area contributed by atoms with Crippen molar-refractivity contribution in [3.8, 4) is 11.3 Å². The standard InChI is InChI=1S/C33H36ClFN6O4S/c1-32(2,3)33(45-30(36)42)17-14-21(15-18-33)38-31-37-19-16-27(40-31)23-8-4-6-10-26(23)39-29-13-12-22(20-25(29)35)46(43,44)41-28-11-7-5-9-24(28)34/h4-13,16,19-21,39,41H,14-15,17-18H2,1-3H3,(H2,36,42)(H,37,38,40). The summed E-state index contributed by atoms with van der Waals surface area (Å²) in [6.45, 7) is 6.14. The van der Waals surface area contributed by atoms with E-state index in [1.54, 1.807) is 42.6 Å². The highest BCUT2D eigenvalue weighted by molar-refractivity contribution is 7.92. The number of ether oxygens (including phenoxy) is 1. The van der Waals surface area contributed by atoms with Gasteiger partial charge in [-0.1, -0.05) is 62.7 Å². The Kier molecular flexibility index (Phi) is 9.41. The van der Waals surface area contributed by atoms with Crippen LogP contribution in [0.4, 0.5) is 32.2 Å². The van der Waals surface area contributed by atoms with E-state index in [-0.39, 0.29) is 32.7 Å². The quantitative estimate of drug-likeness (QED) is 0.142. The van der Waals surface area contributed by atoms with E-state index in [0.717, 1.165) is 18.9 Å². The number of rotatable bonds is 9. The van der Waals surface area contributed by atoms with Gasteiger partial charge < -0.3 is 21.1 Å². The molecule has 5 N–H and O–H groups in total. The predicted octanol–water partition coefficient (Wildman–Crippen LogP) is 7.72. The molecule has 0 atom stereocenters. The van der Waals surface area contributed by atoms with Crippen LogP contribution in [-0.4, -0.2) is 36.1 Å². The number of nitrogens with zero attached hydrogens (tertiary/aromatic N) is 2. The van der Waals surface area contributed by atoms with Crippen LogP contribution in [-0.2, 0) is 14.8 Å². The van der Waals surface area contributed by atoms with Gasteiger partial charge in [0.25, 0.3) is 10.0 Å². The Bertz CT molecular complexity index is 1840. The first-order valence-corrected chi connectivity index (χ1v) is 16.6. The molecule has 0 radical (unpaired) electrons. The van der Waals surface area contributed by atoms with E-state index in [0.29, 0.717) is 35.7 Å². The summed E-state index contributed by atoms with van der Waals surface area (Å²) in [5.41, 5.74) is 6.61. The maximum Gasteiger partial charge on any atom is 0.405 e. The third-order valence-electron chi connectivity index (χ3n) is 8.29. The second-order valence-electron chi connectivity index (χ2n) is 12.2. The van der Waals surface area contributed by atoms with Gasteiger partial charge in [-0.2, -0.15) is 0 Å². The molecule has 1 aliphatic carbocycles.